The topological polar surface area (TPSA) is 70.7 Å². The second-order valence-corrected chi connectivity index (χ2v) is 9.68. The number of ether oxygens (including phenoxy) is 1. The van der Waals surface area contributed by atoms with Gasteiger partial charge in [-0.25, -0.2) is 4.98 Å². The molecule has 5 aromatic rings. The number of benzene rings is 1. The summed E-state index contributed by atoms with van der Waals surface area (Å²) in [4.78, 5) is 13.6. The average Bonchev–Trinajstić information content (AvgIpc) is 3.60. The van der Waals surface area contributed by atoms with Crippen LogP contribution in [0, 0.1) is 0 Å². The Labute approximate surface area is 208 Å². The number of imidazole rings is 1. The van der Waals surface area contributed by atoms with Crippen molar-refractivity contribution in [2.45, 2.75) is 31.0 Å². The zero-order valence-electron chi connectivity index (χ0n) is 19.6. The van der Waals surface area contributed by atoms with E-state index >= 15 is 0 Å². The molecule has 0 aliphatic carbocycles. The lowest BCUT2D eigenvalue weighted by atomic mass is 9.96. The highest BCUT2D eigenvalue weighted by atomic mass is 32.2. The van der Waals surface area contributed by atoms with Crippen molar-refractivity contribution < 1.29 is 4.74 Å². The molecule has 1 aromatic carbocycles. The number of aryl methyl sites for hydroxylation is 2. The first-order chi connectivity index (χ1) is 17.3. The van der Waals surface area contributed by atoms with Crippen LogP contribution in [0.2, 0.25) is 0 Å². The quantitative estimate of drug-likeness (QED) is 0.218. The monoisotopic (exact) mass is 482 g/mol. The summed E-state index contributed by atoms with van der Waals surface area (Å²) in [5.74, 6) is 1.80. The second kappa shape index (κ2) is 9.54. The molecule has 1 aliphatic rings. The van der Waals surface area contributed by atoms with E-state index in [9.17, 15) is 0 Å². The molecule has 0 amide bonds. The zero-order chi connectivity index (χ0) is 23.6. The Morgan fingerprint density at radius 2 is 2.00 bits per heavy atom. The molecular formula is C27H26N6OS. The van der Waals surface area contributed by atoms with Crippen LogP contribution < -0.4 is 4.74 Å². The second-order valence-electron chi connectivity index (χ2n) is 8.62. The Kier molecular flexibility index (Phi) is 5.96. The minimum absolute atomic E-state index is 0.656. The molecule has 0 spiro atoms. The van der Waals surface area contributed by atoms with Crippen molar-refractivity contribution in [3.05, 3.63) is 72.9 Å². The summed E-state index contributed by atoms with van der Waals surface area (Å²) >= 11 is 1.75. The molecule has 0 saturated carbocycles. The molecule has 0 N–H and O–H groups in total. The van der Waals surface area contributed by atoms with E-state index in [2.05, 4.69) is 31.8 Å². The molecule has 6 rings (SSSR count). The van der Waals surface area contributed by atoms with Crippen LogP contribution in [0.1, 0.15) is 18.5 Å². The van der Waals surface area contributed by atoms with Crippen LogP contribution in [0.5, 0.6) is 5.75 Å². The molecule has 0 fully saturated rings. The van der Waals surface area contributed by atoms with Crippen molar-refractivity contribution in [3.63, 3.8) is 0 Å². The predicted molar refractivity (Wildman–Crippen MR) is 139 cm³/mol. The molecule has 0 bridgehead atoms. The molecule has 7 nitrogen and oxygen atoms in total. The largest absolute Gasteiger partial charge is 0.493 e. The molecule has 176 valence electrons. The number of thioether (sulfide) groups is 1. The summed E-state index contributed by atoms with van der Waals surface area (Å²) in [7, 11) is 2.01. The molecule has 8 heteroatoms. The van der Waals surface area contributed by atoms with E-state index in [4.69, 9.17) is 9.84 Å². The molecule has 5 heterocycles. The van der Waals surface area contributed by atoms with Crippen LogP contribution in [0.25, 0.3) is 33.4 Å². The number of hydrogen-bond donors (Lipinski definition) is 0. The third-order valence-corrected chi connectivity index (χ3v) is 7.44. The van der Waals surface area contributed by atoms with Gasteiger partial charge in [-0.2, -0.15) is 5.10 Å². The summed E-state index contributed by atoms with van der Waals surface area (Å²) in [5.41, 5.74) is 6.37. The molecule has 4 aromatic heterocycles. The van der Waals surface area contributed by atoms with Crippen molar-refractivity contribution in [1.29, 1.82) is 0 Å². The van der Waals surface area contributed by atoms with Crippen molar-refractivity contribution in [2.24, 2.45) is 7.05 Å². The number of aromatic nitrogens is 6. The van der Waals surface area contributed by atoms with Gasteiger partial charge in [-0.15, -0.1) is 0 Å². The minimum atomic E-state index is 0.656. The van der Waals surface area contributed by atoms with E-state index in [-0.39, 0.29) is 0 Å². The smallest absolute Gasteiger partial charge is 0.167 e. The maximum Gasteiger partial charge on any atom is 0.167 e. The molecule has 0 radical (unpaired) electrons. The van der Waals surface area contributed by atoms with Gasteiger partial charge in [0.15, 0.2) is 5.16 Å². The van der Waals surface area contributed by atoms with E-state index in [0.717, 1.165) is 70.3 Å². The van der Waals surface area contributed by atoms with Gasteiger partial charge in [0, 0.05) is 66.8 Å². The maximum atomic E-state index is 6.05. The number of fused-ring (bicyclic) bond motifs is 2. The normalized spacial score (nSPS) is 12.8. The standard InChI is InChI=1S/C27H26N6OS/c1-32-15-13-30-27(32)35-17-5-16-34-19-8-9-20-21(10-12-29-23(20)18-19)25-24-7-4-14-33(24)31-26(25)22-6-2-3-11-28-22/h2-3,6,8-13,15,18H,4-5,7,14,16-17H2,1H3. The lowest BCUT2D eigenvalue weighted by Gasteiger charge is -2.11. The van der Waals surface area contributed by atoms with Gasteiger partial charge < -0.3 is 9.30 Å². The molecule has 1 aliphatic heterocycles. The van der Waals surface area contributed by atoms with Crippen molar-refractivity contribution in [2.75, 3.05) is 12.4 Å². The van der Waals surface area contributed by atoms with Crippen LogP contribution in [-0.2, 0) is 20.0 Å². The SMILES string of the molecule is Cn1ccnc1SCCCOc1ccc2c(-c3c(-c4ccccn4)nn4c3CCC4)ccnc2c1. The van der Waals surface area contributed by atoms with Crippen LogP contribution in [0.4, 0.5) is 0 Å². The van der Waals surface area contributed by atoms with E-state index in [1.807, 2.05) is 66.7 Å². The van der Waals surface area contributed by atoms with Gasteiger partial charge in [-0.3, -0.25) is 14.6 Å². The summed E-state index contributed by atoms with van der Waals surface area (Å²) in [5, 5.41) is 7.08. The summed E-state index contributed by atoms with van der Waals surface area (Å²) in [6.07, 6.45) is 10.6. The Balaban J connectivity index is 1.25. The third-order valence-electron chi connectivity index (χ3n) is 6.30. The van der Waals surface area contributed by atoms with Gasteiger partial charge in [0.1, 0.15) is 11.4 Å². The summed E-state index contributed by atoms with van der Waals surface area (Å²) in [6.45, 7) is 1.61. The fraction of sp³-hybridized carbons (Fsp3) is 0.259. The van der Waals surface area contributed by atoms with Crippen LogP contribution >= 0.6 is 11.8 Å². The average molecular weight is 483 g/mol. The Morgan fingerprint density at radius 1 is 1.03 bits per heavy atom. The maximum absolute atomic E-state index is 6.05. The highest BCUT2D eigenvalue weighted by Crippen LogP contribution is 2.40. The number of hydrogen-bond acceptors (Lipinski definition) is 6. The first kappa shape index (κ1) is 21.9. The molecule has 0 saturated heterocycles. The highest BCUT2D eigenvalue weighted by molar-refractivity contribution is 7.99. The summed E-state index contributed by atoms with van der Waals surface area (Å²) in [6, 6.07) is 14.3. The van der Waals surface area contributed by atoms with Gasteiger partial charge in [-0.05, 0) is 55.2 Å². The van der Waals surface area contributed by atoms with Gasteiger partial charge in [0.2, 0.25) is 0 Å². The fourth-order valence-electron chi connectivity index (χ4n) is 4.64. The molecule has 0 unspecified atom stereocenters. The van der Waals surface area contributed by atoms with E-state index in [1.165, 1.54) is 11.3 Å². The lowest BCUT2D eigenvalue weighted by molar-refractivity contribution is 0.319. The fourth-order valence-corrected chi connectivity index (χ4v) is 5.48. The van der Waals surface area contributed by atoms with Crippen LogP contribution in [-0.4, -0.2) is 41.7 Å². The van der Waals surface area contributed by atoms with Gasteiger partial charge >= 0.3 is 0 Å². The van der Waals surface area contributed by atoms with Crippen LogP contribution in [0.15, 0.2) is 72.4 Å². The van der Waals surface area contributed by atoms with E-state index in [0.29, 0.717) is 6.61 Å². The number of rotatable bonds is 8. The van der Waals surface area contributed by atoms with Gasteiger partial charge in [0.05, 0.1) is 17.8 Å². The lowest BCUT2D eigenvalue weighted by Crippen LogP contribution is -2.00. The molecule has 0 atom stereocenters. The van der Waals surface area contributed by atoms with Gasteiger partial charge in [-0.1, -0.05) is 17.8 Å². The first-order valence-electron chi connectivity index (χ1n) is 11.9. The van der Waals surface area contributed by atoms with Gasteiger partial charge in [0.25, 0.3) is 0 Å². The first-order valence-corrected chi connectivity index (χ1v) is 12.9. The van der Waals surface area contributed by atoms with E-state index < -0.39 is 0 Å². The van der Waals surface area contributed by atoms with Crippen molar-refractivity contribution in [3.8, 4) is 28.3 Å². The summed E-state index contributed by atoms with van der Waals surface area (Å²) < 4.78 is 10.2. The Bertz CT molecular complexity index is 1480. The molecular weight excluding hydrogens is 456 g/mol. The molecule has 35 heavy (non-hydrogen) atoms. The van der Waals surface area contributed by atoms with Crippen molar-refractivity contribution >= 4 is 22.7 Å². The van der Waals surface area contributed by atoms with E-state index in [1.54, 1.807) is 11.8 Å². The number of nitrogens with zero attached hydrogens (tertiary/aromatic N) is 6. The van der Waals surface area contributed by atoms with Crippen molar-refractivity contribution in [1.82, 2.24) is 29.3 Å². The highest BCUT2D eigenvalue weighted by Gasteiger charge is 2.25. The minimum Gasteiger partial charge on any atom is -0.493 e. The Hall–Kier alpha value is -3.65. The zero-order valence-corrected chi connectivity index (χ0v) is 20.4. The van der Waals surface area contributed by atoms with Crippen LogP contribution in [0.3, 0.4) is 0 Å². The Morgan fingerprint density at radius 3 is 2.86 bits per heavy atom. The number of pyridine rings is 2. The third kappa shape index (κ3) is 4.30. The predicted octanol–water partition coefficient (Wildman–Crippen LogP) is 5.40.